The number of hydrogen-bond donors (Lipinski definition) is 0. The average molecular weight is 737 g/mol. The molecule has 0 aliphatic rings. The SMILES string of the molecule is [2H]c1c([2H])c(-c2nc(-c3ccccc3)nc(-c3ccccc3-n3c4ccccc4c4ccccc43)n2)c([2H])c([Si](c2ccccc2)(c2ccccc2)c2ccccc2)c1[2H]. The van der Waals surface area contributed by atoms with Crippen LogP contribution in [0.15, 0.2) is 218 Å². The Hall–Kier alpha value is -7.21. The normalized spacial score (nSPS) is 12.6. The van der Waals surface area contributed by atoms with Gasteiger partial charge in [0, 0.05) is 27.5 Å². The second-order valence-corrected chi connectivity index (χ2v) is 17.4. The molecule has 0 radical (unpaired) electrons. The van der Waals surface area contributed by atoms with E-state index in [2.05, 4.69) is 71.3 Å². The van der Waals surface area contributed by atoms with Crippen LogP contribution in [0.1, 0.15) is 5.48 Å². The highest BCUT2D eigenvalue weighted by Gasteiger charge is 2.41. The predicted molar refractivity (Wildman–Crippen MR) is 234 cm³/mol. The van der Waals surface area contributed by atoms with Gasteiger partial charge in [-0.3, -0.25) is 0 Å². The monoisotopic (exact) mass is 736 g/mol. The Morgan fingerprint density at radius 3 is 1.41 bits per heavy atom. The maximum absolute atomic E-state index is 10.3. The van der Waals surface area contributed by atoms with Gasteiger partial charge in [0.15, 0.2) is 25.5 Å². The molecule has 8 aromatic carbocycles. The molecule has 0 aliphatic carbocycles. The van der Waals surface area contributed by atoms with Gasteiger partial charge >= 0.3 is 0 Å². The van der Waals surface area contributed by atoms with E-state index in [1.54, 1.807) is 0 Å². The van der Waals surface area contributed by atoms with Crippen molar-refractivity contribution >= 4 is 50.6 Å². The first-order chi connectivity index (χ1) is 29.5. The highest BCUT2D eigenvalue weighted by atomic mass is 28.3. The lowest BCUT2D eigenvalue weighted by atomic mass is 10.1. The van der Waals surface area contributed by atoms with Gasteiger partial charge in [-0.05, 0) is 45.0 Å². The van der Waals surface area contributed by atoms with E-state index in [-0.39, 0.29) is 35.6 Å². The van der Waals surface area contributed by atoms with E-state index in [1.165, 1.54) is 0 Å². The van der Waals surface area contributed by atoms with Gasteiger partial charge in [0.05, 0.1) is 22.2 Å². The van der Waals surface area contributed by atoms with Gasteiger partial charge in [0.2, 0.25) is 0 Å². The minimum atomic E-state index is -3.51. The number of aromatic nitrogens is 4. The first kappa shape index (κ1) is 29.2. The van der Waals surface area contributed by atoms with Crippen LogP contribution in [0.2, 0.25) is 0 Å². The van der Waals surface area contributed by atoms with Gasteiger partial charge in [0.25, 0.3) is 0 Å². The molecule has 0 N–H and O–H groups in total. The van der Waals surface area contributed by atoms with Crippen molar-refractivity contribution in [3.8, 4) is 39.9 Å². The summed E-state index contributed by atoms with van der Waals surface area (Å²) in [6.45, 7) is 0. The molecule has 0 aliphatic heterocycles. The van der Waals surface area contributed by atoms with Crippen LogP contribution < -0.4 is 20.7 Å². The average Bonchev–Trinajstić information content (AvgIpc) is 3.65. The van der Waals surface area contributed by atoms with E-state index in [1.807, 2.05) is 127 Å². The highest BCUT2D eigenvalue weighted by molar-refractivity contribution is 7.19. The molecule has 0 spiro atoms. The van der Waals surface area contributed by atoms with Crippen LogP contribution in [0.5, 0.6) is 0 Å². The zero-order valence-electron chi connectivity index (χ0n) is 34.3. The molecule has 2 heterocycles. The molecule has 0 bridgehead atoms. The van der Waals surface area contributed by atoms with Crippen molar-refractivity contribution in [1.29, 1.82) is 0 Å². The van der Waals surface area contributed by atoms with Crippen LogP contribution in [0.3, 0.4) is 0 Å². The number of fused-ring (bicyclic) bond motifs is 3. The third-order valence-electron chi connectivity index (χ3n) is 10.5. The Morgan fingerprint density at radius 2 is 0.839 bits per heavy atom. The molecule has 10 aromatic rings. The van der Waals surface area contributed by atoms with E-state index in [4.69, 9.17) is 15.0 Å². The lowest BCUT2D eigenvalue weighted by Crippen LogP contribution is -2.74. The number of benzene rings is 8. The molecule has 5 heteroatoms. The summed E-state index contributed by atoms with van der Waals surface area (Å²) < 4.78 is 41.1. The molecule has 0 unspecified atom stereocenters. The number of nitrogens with zero attached hydrogens (tertiary/aromatic N) is 4. The Balaban J connectivity index is 1.29. The van der Waals surface area contributed by atoms with Gasteiger partial charge in [-0.25, -0.2) is 15.0 Å². The second kappa shape index (κ2) is 14.2. The van der Waals surface area contributed by atoms with Crippen LogP contribution in [-0.2, 0) is 0 Å². The van der Waals surface area contributed by atoms with Gasteiger partial charge in [-0.2, -0.15) is 0 Å². The zero-order chi connectivity index (χ0) is 40.8. The maximum Gasteiger partial charge on any atom is 0.179 e. The van der Waals surface area contributed by atoms with E-state index in [0.717, 1.165) is 54.2 Å². The standard InChI is InChI=1S/C51H36N4Si/c1-5-20-37(21-6-1)49-52-50(54-51(53-49)45-32-15-18-35-48(45)55-46-33-16-13-30-43(46)44-31-14-17-34-47(44)55)38-22-19-29-42(36-38)56(39-23-7-2-8-24-39,40-25-9-3-10-26-40)41-27-11-4-12-28-41/h1-36H/i19D,22D,29D,36D. The summed E-state index contributed by atoms with van der Waals surface area (Å²) >= 11 is 0. The minimum Gasteiger partial charge on any atom is -0.309 e. The Bertz CT molecular complexity index is 3050. The van der Waals surface area contributed by atoms with Gasteiger partial charge in [-0.15, -0.1) is 0 Å². The van der Waals surface area contributed by atoms with Gasteiger partial charge in [-0.1, -0.05) is 194 Å². The Morgan fingerprint density at radius 1 is 0.393 bits per heavy atom. The summed E-state index contributed by atoms with van der Waals surface area (Å²) in [4.78, 5) is 15.3. The summed E-state index contributed by atoms with van der Waals surface area (Å²) in [5, 5.41) is 5.50. The molecule has 2 aromatic heterocycles. The minimum absolute atomic E-state index is 0.0453. The van der Waals surface area contributed by atoms with Crippen molar-refractivity contribution in [1.82, 2.24) is 19.5 Å². The first-order valence-electron chi connectivity index (χ1n) is 20.6. The molecule has 0 saturated carbocycles. The van der Waals surface area contributed by atoms with Crippen LogP contribution in [0.25, 0.3) is 61.7 Å². The molecule has 4 nitrogen and oxygen atoms in total. The Labute approximate surface area is 332 Å². The summed E-state index contributed by atoms with van der Waals surface area (Å²) in [6.07, 6.45) is 0. The molecule has 0 atom stereocenters. The van der Waals surface area contributed by atoms with Crippen molar-refractivity contribution < 1.29 is 5.48 Å². The van der Waals surface area contributed by atoms with E-state index in [0.29, 0.717) is 16.8 Å². The molecule has 10 rings (SSSR count). The van der Waals surface area contributed by atoms with Crippen molar-refractivity contribution in [2.45, 2.75) is 0 Å². The topological polar surface area (TPSA) is 43.6 Å². The number of rotatable bonds is 8. The van der Waals surface area contributed by atoms with Gasteiger partial charge < -0.3 is 4.57 Å². The molecular weight excluding hydrogens is 697 g/mol. The van der Waals surface area contributed by atoms with Crippen molar-refractivity contribution in [2.75, 3.05) is 0 Å². The Kier molecular flexibility index (Phi) is 7.41. The smallest absolute Gasteiger partial charge is 0.179 e. The molecule has 0 saturated heterocycles. The molecule has 264 valence electrons. The lowest BCUT2D eigenvalue weighted by Gasteiger charge is -2.34. The number of para-hydroxylation sites is 3. The van der Waals surface area contributed by atoms with Gasteiger partial charge in [0.1, 0.15) is 0 Å². The lowest BCUT2D eigenvalue weighted by molar-refractivity contribution is 1.06. The van der Waals surface area contributed by atoms with E-state index in [9.17, 15) is 5.48 Å². The third kappa shape index (κ3) is 5.65. The summed E-state index contributed by atoms with van der Waals surface area (Å²) in [5.41, 5.74) is 4.47. The van der Waals surface area contributed by atoms with Crippen molar-refractivity contribution in [2.24, 2.45) is 0 Å². The number of hydrogen-bond acceptors (Lipinski definition) is 3. The largest absolute Gasteiger partial charge is 0.309 e. The third-order valence-corrected chi connectivity index (χ3v) is 15.1. The molecule has 0 fully saturated rings. The fourth-order valence-electron chi connectivity index (χ4n) is 8.00. The van der Waals surface area contributed by atoms with Crippen LogP contribution >= 0.6 is 0 Å². The van der Waals surface area contributed by atoms with Crippen LogP contribution in [0.4, 0.5) is 0 Å². The summed E-state index contributed by atoms with van der Waals surface area (Å²) in [7, 11) is -3.51. The second-order valence-electron chi connectivity index (χ2n) is 13.7. The van der Waals surface area contributed by atoms with E-state index >= 15 is 0 Å². The van der Waals surface area contributed by atoms with Crippen LogP contribution in [-0.4, -0.2) is 27.6 Å². The fourth-order valence-corrected chi connectivity index (χ4v) is 12.5. The van der Waals surface area contributed by atoms with Crippen molar-refractivity contribution in [3.63, 3.8) is 0 Å². The predicted octanol–water partition coefficient (Wildman–Crippen LogP) is 9.35. The fraction of sp³-hybridized carbons (Fsp3) is 0. The molecular formula is C51H36N4Si. The summed E-state index contributed by atoms with van der Waals surface area (Å²) in [6, 6.07) is 63.7. The highest BCUT2D eigenvalue weighted by Crippen LogP contribution is 2.36. The summed E-state index contributed by atoms with van der Waals surface area (Å²) in [5.74, 6) is 0.820. The quantitative estimate of drug-likeness (QED) is 0.115. The van der Waals surface area contributed by atoms with Crippen molar-refractivity contribution in [3.05, 3.63) is 218 Å². The maximum atomic E-state index is 10.3. The zero-order valence-corrected chi connectivity index (χ0v) is 31.3. The van der Waals surface area contributed by atoms with Crippen LogP contribution in [0, 0.1) is 0 Å². The van der Waals surface area contributed by atoms with E-state index < -0.39 is 8.07 Å². The molecule has 56 heavy (non-hydrogen) atoms. The first-order valence-corrected chi connectivity index (χ1v) is 20.6. The molecule has 0 amide bonds.